The second kappa shape index (κ2) is 7.52. The number of hydrogen-bond acceptors (Lipinski definition) is 1. The highest BCUT2D eigenvalue weighted by atomic mass is 79.9. The molecule has 0 fully saturated rings. The van der Waals surface area contributed by atoms with Gasteiger partial charge in [-0.15, -0.1) is 0 Å². The molecular formula is C15H12BrFO. The molecule has 0 radical (unpaired) electrons. The van der Waals surface area contributed by atoms with Crippen molar-refractivity contribution in [2.75, 3.05) is 7.11 Å². The number of halogens is 2. The van der Waals surface area contributed by atoms with Crippen LogP contribution < -0.4 is 4.74 Å². The zero-order chi connectivity index (χ0) is 13.4. The van der Waals surface area contributed by atoms with Crippen LogP contribution in [0.3, 0.4) is 0 Å². The van der Waals surface area contributed by atoms with Crippen molar-refractivity contribution in [3.05, 3.63) is 64.9 Å². The SMILES string of the molecule is C=C/C(F)=C\C=C\C#Cc1cc(OC)ccc1Br. The molecule has 0 aliphatic rings. The molecule has 1 aromatic rings. The third-order valence-electron chi connectivity index (χ3n) is 2.01. The molecule has 92 valence electrons. The lowest BCUT2D eigenvalue weighted by molar-refractivity contribution is 0.414. The third kappa shape index (κ3) is 4.60. The van der Waals surface area contributed by atoms with Crippen LogP contribution in [0.2, 0.25) is 0 Å². The van der Waals surface area contributed by atoms with E-state index in [9.17, 15) is 4.39 Å². The third-order valence-corrected chi connectivity index (χ3v) is 2.70. The molecule has 0 unspecified atom stereocenters. The van der Waals surface area contributed by atoms with Gasteiger partial charge in [0.05, 0.1) is 7.11 Å². The highest BCUT2D eigenvalue weighted by molar-refractivity contribution is 9.10. The van der Waals surface area contributed by atoms with Gasteiger partial charge < -0.3 is 4.74 Å². The van der Waals surface area contributed by atoms with Crippen molar-refractivity contribution in [3.8, 4) is 17.6 Å². The Hall–Kier alpha value is -1.79. The van der Waals surface area contributed by atoms with E-state index in [1.807, 2.05) is 18.2 Å². The number of methoxy groups -OCH3 is 1. The fourth-order valence-electron chi connectivity index (χ4n) is 1.10. The van der Waals surface area contributed by atoms with E-state index < -0.39 is 5.83 Å². The van der Waals surface area contributed by atoms with Crippen molar-refractivity contribution < 1.29 is 9.13 Å². The Morgan fingerprint density at radius 1 is 1.50 bits per heavy atom. The van der Waals surface area contributed by atoms with E-state index in [2.05, 4.69) is 34.3 Å². The van der Waals surface area contributed by atoms with Gasteiger partial charge in [0.25, 0.3) is 0 Å². The molecule has 0 bridgehead atoms. The zero-order valence-corrected chi connectivity index (χ0v) is 11.5. The molecule has 0 aromatic heterocycles. The lowest BCUT2D eigenvalue weighted by Crippen LogP contribution is -1.84. The van der Waals surface area contributed by atoms with Gasteiger partial charge in [-0.25, -0.2) is 4.39 Å². The first-order chi connectivity index (χ1) is 8.67. The average molecular weight is 307 g/mol. The van der Waals surface area contributed by atoms with E-state index in [-0.39, 0.29) is 0 Å². The van der Waals surface area contributed by atoms with Crippen molar-refractivity contribution in [3.63, 3.8) is 0 Å². The minimum atomic E-state index is -0.393. The second-order valence-electron chi connectivity index (χ2n) is 3.23. The average Bonchev–Trinajstić information content (AvgIpc) is 2.40. The standard InChI is InChI=1S/C15H12BrFO/c1-3-13(17)8-6-4-5-7-12-11-14(18-2)9-10-15(12)16/h3-4,6,8-11H,1H2,2H3/b6-4+,13-8+. The molecule has 0 heterocycles. The van der Waals surface area contributed by atoms with Gasteiger partial charge in [-0.3, -0.25) is 0 Å². The molecule has 0 spiro atoms. The Morgan fingerprint density at radius 2 is 2.28 bits per heavy atom. The molecule has 18 heavy (non-hydrogen) atoms. The molecule has 0 saturated carbocycles. The number of benzene rings is 1. The smallest absolute Gasteiger partial charge is 0.122 e. The summed E-state index contributed by atoms with van der Waals surface area (Å²) in [6.07, 6.45) is 5.52. The van der Waals surface area contributed by atoms with Gasteiger partial charge in [-0.05, 0) is 52.4 Å². The van der Waals surface area contributed by atoms with E-state index in [1.54, 1.807) is 13.2 Å². The fraction of sp³-hybridized carbons (Fsp3) is 0.0667. The van der Waals surface area contributed by atoms with Crippen LogP contribution in [0.1, 0.15) is 5.56 Å². The maximum Gasteiger partial charge on any atom is 0.122 e. The van der Waals surface area contributed by atoms with Gasteiger partial charge in [0.15, 0.2) is 0 Å². The van der Waals surface area contributed by atoms with E-state index >= 15 is 0 Å². The maximum atomic E-state index is 12.7. The molecule has 0 aliphatic heterocycles. The van der Waals surface area contributed by atoms with Gasteiger partial charge in [-0.2, -0.15) is 0 Å². The minimum Gasteiger partial charge on any atom is -0.497 e. The predicted octanol–water partition coefficient (Wildman–Crippen LogP) is 4.40. The van der Waals surface area contributed by atoms with Crippen molar-refractivity contribution in [1.82, 2.24) is 0 Å². The molecule has 0 atom stereocenters. The van der Waals surface area contributed by atoms with Gasteiger partial charge in [0, 0.05) is 10.0 Å². The first-order valence-electron chi connectivity index (χ1n) is 5.17. The molecule has 0 amide bonds. The van der Waals surface area contributed by atoms with E-state index in [1.165, 1.54) is 12.2 Å². The van der Waals surface area contributed by atoms with Crippen LogP contribution in [0.25, 0.3) is 0 Å². The highest BCUT2D eigenvalue weighted by Crippen LogP contribution is 2.21. The molecule has 3 heteroatoms. The van der Waals surface area contributed by atoms with Crippen LogP contribution in [0, 0.1) is 11.8 Å². The maximum absolute atomic E-state index is 12.7. The summed E-state index contributed by atoms with van der Waals surface area (Å²) in [5.74, 6) is 6.10. The topological polar surface area (TPSA) is 9.23 Å². The molecule has 1 rings (SSSR count). The van der Waals surface area contributed by atoms with Crippen LogP contribution in [0.5, 0.6) is 5.75 Å². The summed E-state index contributed by atoms with van der Waals surface area (Å²) < 4.78 is 18.7. The first kappa shape index (κ1) is 14.3. The lowest BCUT2D eigenvalue weighted by atomic mass is 10.2. The van der Waals surface area contributed by atoms with Crippen LogP contribution in [-0.2, 0) is 0 Å². The van der Waals surface area contributed by atoms with Crippen LogP contribution in [-0.4, -0.2) is 7.11 Å². The van der Waals surface area contributed by atoms with Crippen molar-refractivity contribution in [1.29, 1.82) is 0 Å². The normalized spacial score (nSPS) is 10.9. The van der Waals surface area contributed by atoms with E-state index in [0.29, 0.717) is 0 Å². The monoisotopic (exact) mass is 306 g/mol. The van der Waals surface area contributed by atoms with Crippen LogP contribution >= 0.6 is 15.9 Å². The summed E-state index contributed by atoms with van der Waals surface area (Å²) in [6.45, 7) is 3.30. The Morgan fingerprint density at radius 3 is 2.94 bits per heavy atom. The van der Waals surface area contributed by atoms with Gasteiger partial charge in [-0.1, -0.05) is 24.5 Å². The Balaban J connectivity index is 2.82. The second-order valence-corrected chi connectivity index (χ2v) is 4.08. The number of ether oxygens (including phenoxy) is 1. The number of hydrogen-bond donors (Lipinski definition) is 0. The van der Waals surface area contributed by atoms with Crippen LogP contribution in [0.15, 0.2) is 59.4 Å². The summed E-state index contributed by atoms with van der Waals surface area (Å²) in [5, 5.41) is 0. The number of rotatable bonds is 3. The Bertz CT molecular complexity index is 547. The van der Waals surface area contributed by atoms with Gasteiger partial charge in [0.2, 0.25) is 0 Å². The summed E-state index contributed by atoms with van der Waals surface area (Å²) in [4.78, 5) is 0. The molecule has 1 nitrogen and oxygen atoms in total. The highest BCUT2D eigenvalue weighted by Gasteiger charge is 1.97. The quantitative estimate of drug-likeness (QED) is 0.594. The molecular weight excluding hydrogens is 295 g/mol. The largest absolute Gasteiger partial charge is 0.497 e. The molecule has 1 aromatic carbocycles. The fourth-order valence-corrected chi connectivity index (χ4v) is 1.45. The Kier molecular flexibility index (Phi) is 5.96. The number of allylic oxidation sites excluding steroid dienone is 5. The Labute approximate surface area is 115 Å². The summed E-state index contributed by atoms with van der Waals surface area (Å²) in [5.41, 5.74) is 0.812. The first-order valence-corrected chi connectivity index (χ1v) is 5.96. The van der Waals surface area contributed by atoms with E-state index in [4.69, 9.17) is 4.74 Å². The lowest BCUT2D eigenvalue weighted by Gasteiger charge is -2.01. The zero-order valence-electron chi connectivity index (χ0n) is 9.91. The van der Waals surface area contributed by atoms with Gasteiger partial charge >= 0.3 is 0 Å². The van der Waals surface area contributed by atoms with Crippen LogP contribution in [0.4, 0.5) is 4.39 Å². The molecule has 0 aliphatic carbocycles. The summed E-state index contributed by atoms with van der Waals surface area (Å²) >= 11 is 3.40. The molecule has 0 saturated heterocycles. The molecule has 0 N–H and O–H groups in total. The van der Waals surface area contributed by atoms with E-state index in [0.717, 1.165) is 21.9 Å². The predicted molar refractivity (Wildman–Crippen MR) is 76.1 cm³/mol. The summed E-state index contributed by atoms with van der Waals surface area (Å²) in [7, 11) is 1.60. The van der Waals surface area contributed by atoms with Gasteiger partial charge in [0.1, 0.15) is 11.6 Å². The van der Waals surface area contributed by atoms with Crippen molar-refractivity contribution in [2.45, 2.75) is 0 Å². The minimum absolute atomic E-state index is 0.393. The van der Waals surface area contributed by atoms with Crippen molar-refractivity contribution in [2.24, 2.45) is 0 Å². The summed E-state index contributed by atoms with van der Waals surface area (Å²) in [6, 6.07) is 5.53. The van der Waals surface area contributed by atoms with Crippen molar-refractivity contribution >= 4 is 15.9 Å².